The van der Waals surface area contributed by atoms with Crippen molar-refractivity contribution in [3.8, 4) is 17.1 Å². The van der Waals surface area contributed by atoms with Gasteiger partial charge in [0.05, 0.1) is 14.2 Å². The number of carbonyl (C=O) groups excluding carboxylic acids is 1. The molecule has 0 aliphatic rings. The van der Waals surface area contributed by atoms with Crippen LogP contribution < -0.4 is 4.74 Å². The van der Waals surface area contributed by atoms with Crippen LogP contribution in [0.4, 0.5) is 8.78 Å². The first kappa shape index (κ1) is 16.7. The van der Waals surface area contributed by atoms with Gasteiger partial charge in [-0.15, -0.1) is 0 Å². The highest BCUT2D eigenvalue weighted by atomic mass is 19.1. The minimum atomic E-state index is -0.691. The molecule has 0 aliphatic carbocycles. The van der Waals surface area contributed by atoms with Gasteiger partial charge >= 0.3 is 5.97 Å². The van der Waals surface area contributed by atoms with Gasteiger partial charge in [-0.25, -0.2) is 13.6 Å². The van der Waals surface area contributed by atoms with Crippen molar-refractivity contribution in [3.63, 3.8) is 0 Å². The molecule has 0 radical (unpaired) electrons. The molecule has 0 aliphatic heterocycles. The highest BCUT2D eigenvalue weighted by Gasteiger charge is 2.13. The van der Waals surface area contributed by atoms with Crippen molar-refractivity contribution in [3.05, 3.63) is 59.7 Å². The van der Waals surface area contributed by atoms with Gasteiger partial charge in [-0.1, -0.05) is 0 Å². The van der Waals surface area contributed by atoms with Crippen LogP contribution in [-0.2, 0) is 9.53 Å². The summed E-state index contributed by atoms with van der Waals surface area (Å²) in [5.74, 6) is -1.12. The van der Waals surface area contributed by atoms with Gasteiger partial charge in [-0.2, -0.15) is 0 Å². The molecule has 3 aromatic rings. The molecule has 25 heavy (non-hydrogen) atoms. The minimum absolute atomic E-state index is 0.280. The number of methoxy groups -OCH3 is 2. The van der Waals surface area contributed by atoms with E-state index < -0.39 is 17.6 Å². The normalized spacial score (nSPS) is 11.2. The van der Waals surface area contributed by atoms with E-state index in [1.807, 2.05) is 0 Å². The first-order chi connectivity index (χ1) is 12.0. The topological polar surface area (TPSA) is 48.7 Å². The Morgan fingerprint density at radius 1 is 1.04 bits per heavy atom. The number of furan rings is 1. The Balaban J connectivity index is 2.10. The summed E-state index contributed by atoms with van der Waals surface area (Å²) in [6, 6.07) is 8.27. The molecule has 0 saturated heterocycles. The van der Waals surface area contributed by atoms with E-state index in [2.05, 4.69) is 4.74 Å². The van der Waals surface area contributed by atoms with Crippen LogP contribution in [0.25, 0.3) is 28.4 Å². The van der Waals surface area contributed by atoms with Crippen LogP contribution in [0.15, 0.2) is 46.9 Å². The third kappa shape index (κ3) is 3.52. The zero-order chi connectivity index (χ0) is 18.0. The summed E-state index contributed by atoms with van der Waals surface area (Å²) < 4.78 is 42.4. The lowest BCUT2D eigenvalue weighted by atomic mass is 10.1. The molecule has 1 aromatic heterocycles. The summed E-state index contributed by atoms with van der Waals surface area (Å²) in [5, 5.41) is 0.670. The number of hydrogen-bond donors (Lipinski definition) is 0. The Morgan fingerprint density at radius 3 is 2.40 bits per heavy atom. The molecule has 6 heteroatoms. The van der Waals surface area contributed by atoms with Crippen molar-refractivity contribution in [2.24, 2.45) is 0 Å². The highest BCUT2D eigenvalue weighted by Crippen LogP contribution is 2.35. The van der Waals surface area contributed by atoms with E-state index in [0.717, 1.165) is 6.07 Å². The van der Waals surface area contributed by atoms with Crippen molar-refractivity contribution in [2.75, 3.05) is 14.2 Å². The summed E-state index contributed by atoms with van der Waals surface area (Å²) >= 11 is 0. The predicted molar refractivity (Wildman–Crippen MR) is 89.2 cm³/mol. The van der Waals surface area contributed by atoms with E-state index in [0.29, 0.717) is 28.0 Å². The summed E-state index contributed by atoms with van der Waals surface area (Å²) in [5.41, 5.74) is 1.41. The molecule has 0 N–H and O–H groups in total. The number of carbonyl (C=O) groups is 1. The second-order valence-electron chi connectivity index (χ2n) is 5.27. The second-order valence-corrected chi connectivity index (χ2v) is 5.27. The van der Waals surface area contributed by atoms with E-state index in [1.165, 1.54) is 32.4 Å². The molecule has 3 rings (SSSR count). The number of ether oxygens (including phenoxy) is 2. The molecular formula is C19H14F2O4. The van der Waals surface area contributed by atoms with Gasteiger partial charge in [0.15, 0.2) is 11.3 Å². The number of halogens is 2. The van der Waals surface area contributed by atoms with E-state index in [9.17, 15) is 13.6 Å². The third-order valence-corrected chi connectivity index (χ3v) is 3.58. The first-order valence-corrected chi connectivity index (χ1v) is 7.34. The minimum Gasteiger partial charge on any atom is -0.493 e. The summed E-state index contributed by atoms with van der Waals surface area (Å²) in [6.07, 6.45) is 2.85. The van der Waals surface area contributed by atoms with Gasteiger partial charge in [0.2, 0.25) is 0 Å². The molecule has 0 bridgehead atoms. The number of hydrogen-bond acceptors (Lipinski definition) is 4. The van der Waals surface area contributed by atoms with Crippen molar-refractivity contribution < 1.29 is 27.5 Å². The third-order valence-electron chi connectivity index (χ3n) is 3.58. The van der Waals surface area contributed by atoms with E-state index in [4.69, 9.17) is 9.15 Å². The average molecular weight is 344 g/mol. The number of fused-ring (bicyclic) bond motifs is 1. The van der Waals surface area contributed by atoms with Crippen LogP contribution in [0.5, 0.6) is 5.75 Å². The Labute approximate surface area is 142 Å². The fourth-order valence-electron chi connectivity index (χ4n) is 2.46. The van der Waals surface area contributed by atoms with Gasteiger partial charge in [-0.3, -0.25) is 0 Å². The fourth-order valence-corrected chi connectivity index (χ4v) is 2.46. The highest BCUT2D eigenvalue weighted by molar-refractivity contribution is 5.92. The molecule has 0 unspecified atom stereocenters. The summed E-state index contributed by atoms with van der Waals surface area (Å²) in [7, 11) is 2.77. The van der Waals surface area contributed by atoms with Crippen LogP contribution in [-0.4, -0.2) is 20.2 Å². The van der Waals surface area contributed by atoms with Gasteiger partial charge in [-0.05, 0) is 42.0 Å². The van der Waals surface area contributed by atoms with E-state index >= 15 is 0 Å². The monoisotopic (exact) mass is 344 g/mol. The van der Waals surface area contributed by atoms with Crippen LogP contribution in [0.2, 0.25) is 0 Å². The van der Waals surface area contributed by atoms with Crippen molar-refractivity contribution in [2.45, 2.75) is 0 Å². The molecule has 2 aromatic carbocycles. The molecule has 1 heterocycles. The van der Waals surface area contributed by atoms with E-state index in [-0.39, 0.29) is 5.56 Å². The lowest BCUT2D eigenvalue weighted by Gasteiger charge is -2.02. The lowest BCUT2D eigenvalue weighted by molar-refractivity contribution is -0.134. The number of rotatable bonds is 4. The smallest absolute Gasteiger partial charge is 0.330 e. The molecular weight excluding hydrogens is 330 g/mol. The molecule has 4 nitrogen and oxygen atoms in total. The fraction of sp³-hybridized carbons (Fsp3) is 0.105. The number of esters is 1. The SMILES string of the molecule is COC(=O)/C=C/c1cc(OC)c2oc(-c3cc(F)cc(F)c3)cc2c1. The van der Waals surface area contributed by atoms with Crippen LogP contribution >= 0.6 is 0 Å². The van der Waals surface area contributed by atoms with Gasteiger partial charge in [0.1, 0.15) is 17.4 Å². The molecule has 0 amide bonds. The largest absolute Gasteiger partial charge is 0.493 e. The Morgan fingerprint density at radius 2 is 1.76 bits per heavy atom. The molecule has 128 valence electrons. The maximum Gasteiger partial charge on any atom is 0.330 e. The zero-order valence-electron chi connectivity index (χ0n) is 13.5. The van der Waals surface area contributed by atoms with Crippen molar-refractivity contribution in [1.29, 1.82) is 0 Å². The van der Waals surface area contributed by atoms with Crippen LogP contribution in [0.3, 0.4) is 0 Å². The van der Waals surface area contributed by atoms with Gasteiger partial charge in [0, 0.05) is 23.1 Å². The van der Waals surface area contributed by atoms with Crippen molar-refractivity contribution >= 4 is 23.0 Å². The Bertz CT molecular complexity index is 953. The maximum atomic E-state index is 13.4. The van der Waals surface area contributed by atoms with Crippen LogP contribution in [0, 0.1) is 11.6 Å². The Kier molecular flexibility index (Phi) is 4.52. The first-order valence-electron chi connectivity index (χ1n) is 7.34. The molecule has 0 saturated carbocycles. The summed E-state index contributed by atoms with van der Waals surface area (Å²) in [4.78, 5) is 11.2. The van der Waals surface area contributed by atoms with Crippen LogP contribution in [0.1, 0.15) is 5.56 Å². The zero-order valence-corrected chi connectivity index (χ0v) is 13.5. The average Bonchev–Trinajstić information content (AvgIpc) is 3.02. The molecule has 0 spiro atoms. The van der Waals surface area contributed by atoms with Gasteiger partial charge < -0.3 is 13.9 Å². The second kappa shape index (κ2) is 6.76. The van der Waals surface area contributed by atoms with E-state index in [1.54, 1.807) is 24.3 Å². The molecule has 0 atom stereocenters. The lowest BCUT2D eigenvalue weighted by Crippen LogP contribution is -1.93. The standard InChI is InChI=1S/C19H14F2O4/c1-23-17-6-11(3-4-18(22)24-2)5-13-9-16(25-19(13)17)12-7-14(20)10-15(21)8-12/h3-10H,1-2H3/b4-3+. The quantitative estimate of drug-likeness (QED) is 0.514. The maximum absolute atomic E-state index is 13.4. The Hall–Kier alpha value is -3.15. The summed E-state index contributed by atoms with van der Waals surface area (Å²) in [6.45, 7) is 0. The number of benzene rings is 2. The predicted octanol–water partition coefficient (Wildman–Crippen LogP) is 4.57. The molecule has 0 fully saturated rings. The van der Waals surface area contributed by atoms with Gasteiger partial charge in [0.25, 0.3) is 0 Å². The van der Waals surface area contributed by atoms with Crippen molar-refractivity contribution in [1.82, 2.24) is 0 Å².